The molecule has 0 spiro atoms. The van der Waals surface area contributed by atoms with E-state index in [4.69, 9.17) is 16.2 Å². The summed E-state index contributed by atoms with van der Waals surface area (Å²) in [5, 5.41) is 2.99. The van der Waals surface area contributed by atoms with Gasteiger partial charge in [0.05, 0.1) is 5.92 Å². The highest BCUT2D eigenvalue weighted by Crippen LogP contribution is 2.23. The Hall–Kier alpha value is -1.63. The lowest BCUT2D eigenvalue weighted by atomic mass is 9.88. The number of rotatable bonds is 7. The van der Waals surface area contributed by atoms with Crippen molar-refractivity contribution in [1.82, 2.24) is 5.32 Å². The van der Waals surface area contributed by atoms with Crippen molar-refractivity contribution in [3.05, 3.63) is 35.9 Å². The van der Waals surface area contributed by atoms with Crippen LogP contribution < -0.4 is 16.8 Å². The molecule has 1 heterocycles. The fraction of sp³-hybridized carbons (Fsp3) is 0.556. The van der Waals surface area contributed by atoms with Crippen LogP contribution in [0.25, 0.3) is 0 Å². The van der Waals surface area contributed by atoms with Crippen LogP contribution in [0.3, 0.4) is 0 Å². The second-order valence-corrected chi connectivity index (χ2v) is 6.46. The molecule has 0 aromatic heterocycles. The van der Waals surface area contributed by atoms with Crippen LogP contribution in [0.2, 0.25) is 0 Å². The van der Waals surface area contributed by atoms with Gasteiger partial charge < -0.3 is 21.5 Å². The summed E-state index contributed by atoms with van der Waals surface area (Å²) in [5.41, 5.74) is 12.5. The fourth-order valence-corrected chi connectivity index (χ4v) is 3.11. The molecule has 3 unspecified atom stereocenters. The molecule has 6 nitrogen and oxygen atoms in total. The summed E-state index contributed by atoms with van der Waals surface area (Å²) in [6.45, 7) is 3.10. The third-order valence-electron chi connectivity index (χ3n) is 4.72. The average molecular weight is 370 g/mol. The van der Waals surface area contributed by atoms with Crippen molar-refractivity contribution >= 4 is 24.2 Å². The van der Waals surface area contributed by atoms with Crippen molar-refractivity contribution in [2.45, 2.75) is 38.3 Å². The van der Waals surface area contributed by atoms with Crippen LogP contribution in [0.5, 0.6) is 0 Å². The zero-order valence-corrected chi connectivity index (χ0v) is 15.3. The zero-order valence-electron chi connectivity index (χ0n) is 14.5. The predicted molar refractivity (Wildman–Crippen MR) is 99.1 cm³/mol. The van der Waals surface area contributed by atoms with Gasteiger partial charge in [-0.1, -0.05) is 37.3 Å². The predicted octanol–water partition coefficient (Wildman–Crippen LogP) is 1.53. The molecule has 1 aliphatic rings. The molecular formula is C18H28ClN3O3. The highest BCUT2D eigenvalue weighted by Gasteiger charge is 2.30. The van der Waals surface area contributed by atoms with Crippen LogP contribution in [0.4, 0.5) is 0 Å². The smallest absolute Gasteiger partial charge is 0.224 e. The van der Waals surface area contributed by atoms with Crippen molar-refractivity contribution in [1.29, 1.82) is 0 Å². The average Bonchev–Trinajstić information content (AvgIpc) is 2.61. The Morgan fingerprint density at radius 1 is 1.24 bits per heavy atom. The van der Waals surface area contributed by atoms with E-state index in [-0.39, 0.29) is 36.7 Å². The molecular weight excluding hydrogens is 342 g/mol. The summed E-state index contributed by atoms with van der Waals surface area (Å²) < 4.78 is 5.35. The van der Waals surface area contributed by atoms with Gasteiger partial charge in [0.1, 0.15) is 0 Å². The van der Waals surface area contributed by atoms with Crippen LogP contribution >= 0.6 is 12.4 Å². The van der Waals surface area contributed by atoms with Gasteiger partial charge in [0.2, 0.25) is 11.8 Å². The van der Waals surface area contributed by atoms with Gasteiger partial charge in [-0.15, -0.1) is 12.4 Å². The molecule has 7 heteroatoms. The van der Waals surface area contributed by atoms with Gasteiger partial charge in [0, 0.05) is 31.7 Å². The lowest BCUT2D eigenvalue weighted by Crippen LogP contribution is -2.47. The molecule has 1 aliphatic heterocycles. The van der Waals surface area contributed by atoms with E-state index in [1.165, 1.54) is 0 Å². The molecule has 0 bridgehead atoms. The summed E-state index contributed by atoms with van der Waals surface area (Å²) in [5.74, 6) is -0.756. The zero-order chi connectivity index (χ0) is 17.5. The molecule has 3 atom stereocenters. The molecule has 140 valence electrons. The molecule has 0 saturated carbocycles. The maximum absolute atomic E-state index is 12.6. The number of nitrogens with one attached hydrogen (secondary N) is 1. The van der Waals surface area contributed by atoms with E-state index >= 15 is 0 Å². The topological polar surface area (TPSA) is 107 Å². The number of benzene rings is 1. The molecule has 25 heavy (non-hydrogen) atoms. The third kappa shape index (κ3) is 6.30. The standard InChI is InChI=1S/C18H27N3O3.ClH/c1-12(17(20)14-5-3-2-4-6-14)18(23)21-15(11-16(19)22)13-7-9-24-10-8-13;/h2-6,12-13,15,17H,7-11,20H2,1H3,(H2,19,22)(H,21,23);1H. The number of carbonyl (C=O) groups excluding carboxylic acids is 2. The van der Waals surface area contributed by atoms with Crippen molar-refractivity contribution in [3.8, 4) is 0 Å². The molecule has 0 aliphatic carbocycles. The molecule has 1 aromatic rings. The summed E-state index contributed by atoms with van der Waals surface area (Å²) in [7, 11) is 0. The summed E-state index contributed by atoms with van der Waals surface area (Å²) in [6.07, 6.45) is 1.78. The second-order valence-electron chi connectivity index (χ2n) is 6.46. The molecule has 2 amide bonds. The van der Waals surface area contributed by atoms with Crippen LogP contribution in [0, 0.1) is 11.8 Å². The van der Waals surface area contributed by atoms with Gasteiger partial charge in [-0.3, -0.25) is 9.59 Å². The van der Waals surface area contributed by atoms with Crippen LogP contribution in [-0.2, 0) is 14.3 Å². The minimum atomic E-state index is -0.410. The first-order chi connectivity index (χ1) is 11.5. The molecule has 5 N–H and O–H groups in total. The number of hydrogen-bond acceptors (Lipinski definition) is 4. The Balaban J connectivity index is 0.00000312. The van der Waals surface area contributed by atoms with Crippen molar-refractivity contribution < 1.29 is 14.3 Å². The number of carbonyl (C=O) groups is 2. The van der Waals surface area contributed by atoms with Crippen LogP contribution in [-0.4, -0.2) is 31.1 Å². The SMILES string of the molecule is CC(C(=O)NC(CC(N)=O)C1CCOCC1)C(N)c1ccccc1.Cl. The number of nitrogens with two attached hydrogens (primary N) is 2. The Bertz CT molecular complexity index is 550. The fourth-order valence-electron chi connectivity index (χ4n) is 3.11. The lowest BCUT2D eigenvalue weighted by molar-refractivity contribution is -0.127. The van der Waals surface area contributed by atoms with E-state index in [9.17, 15) is 9.59 Å². The Labute approximate surface area is 155 Å². The normalized spacial score (nSPS) is 18.5. The minimum absolute atomic E-state index is 0. The summed E-state index contributed by atoms with van der Waals surface area (Å²) >= 11 is 0. The monoisotopic (exact) mass is 369 g/mol. The van der Waals surface area contributed by atoms with Gasteiger partial charge in [0.25, 0.3) is 0 Å². The maximum atomic E-state index is 12.6. The van der Waals surface area contributed by atoms with E-state index in [2.05, 4.69) is 5.32 Å². The highest BCUT2D eigenvalue weighted by molar-refractivity contribution is 5.85. The first-order valence-corrected chi connectivity index (χ1v) is 8.46. The molecule has 0 radical (unpaired) electrons. The quantitative estimate of drug-likeness (QED) is 0.677. The van der Waals surface area contributed by atoms with Gasteiger partial charge in [-0.25, -0.2) is 0 Å². The van der Waals surface area contributed by atoms with Gasteiger partial charge in [-0.05, 0) is 24.3 Å². The Kier molecular flexibility index (Phi) is 8.89. The van der Waals surface area contributed by atoms with Crippen molar-refractivity contribution in [2.75, 3.05) is 13.2 Å². The number of ether oxygens (including phenoxy) is 1. The third-order valence-corrected chi connectivity index (χ3v) is 4.72. The number of amides is 2. The molecule has 2 rings (SSSR count). The number of halogens is 1. The first kappa shape index (κ1) is 21.4. The van der Waals surface area contributed by atoms with E-state index in [1.807, 2.05) is 30.3 Å². The molecule has 1 aromatic carbocycles. The van der Waals surface area contributed by atoms with Crippen LogP contribution in [0.1, 0.15) is 37.8 Å². The largest absolute Gasteiger partial charge is 0.381 e. The van der Waals surface area contributed by atoms with Crippen molar-refractivity contribution in [2.24, 2.45) is 23.3 Å². The lowest BCUT2D eigenvalue weighted by Gasteiger charge is -2.31. The van der Waals surface area contributed by atoms with Crippen molar-refractivity contribution in [3.63, 3.8) is 0 Å². The maximum Gasteiger partial charge on any atom is 0.224 e. The highest BCUT2D eigenvalue weighted by atomic mass is 35.5. The van der Waals surface area contributed by atoms with E-state index in [0.29, 0.717) is 13.2 Å². The van der Waals surface area contributed by atoms with E-state index < -0.39 is 17.9 Å². The minimum Gasteiger partial charge on any atom is -0.381 e. The van der Waals surface area contributed by atoms with Gasteiger partial charge in [0.15, 0.2) is 0 Å². The van der Waals surface area contributed by atoms with E-state index in [0.717, 1.165) is 18.4 Å². The number of hydrogen-bond donors (Lipinski definition) is 3. The Morgan fingerprint density at radius 3 is 2.40 bits per heavy atom. The van der Waals surface area contributed by atoms with Crippen LogP contribution in [0.15, 0.2) is 30.3 Å². The molecule has 1 saturated heterocycles. The number of primary amides is 1. The first-order valence-electron chi connectivity index (χ1n) is 8.46. The van der Waals surface area contributed by atoms with Gasteiger partial charge >= 0.3 is 0 Å². The second kappa shape index (κ2) is 10.4. The van der Waals surface area contributed by atoms with Gasteiger partial charge in [-0.2, -0.15) is 0 Å². The van der Waals surface area contributed by atoms with E-state index in [1.54, 1.807) is 6.92 Å². The summed E-state index contributed by atoms with van der Waals surface area (Å²) in [4.78, 5) is 24.0. The Morgan fingerprint density at radius 2 is 1.84 bits per heavy atom. The summed E-state index contributed by atoms with van der Waals surface area (Å²) in [6, 6.07) is 8.88. The molecule has 1 fully saturated rings.